The summed E-state index contributed by atoms with van der Waals surface area (Å²) in [7, 11) is -3.67. The lowest BCUT2D eigenvalue weighted by Gasteiger charge is -1.98. The number of nitrogens with zero attached hydrogens (tertiary/aromatic N) is 1. The van der Waals surface area contributed by atoms with Crippen molar-refractivity contribution >= 4 is 21.8 Å². The molecular weight excluding hydrogens is 239 g/mol. The highest BCUT2D eigenvalue weighted by Crippen LogP contribution is 2.02. The predicted octanol–water partition coefficient (Wildman–Crippen LogP) is 0.683. The summed E-state index contributed by atoms with van der Waals surface area (Å²) in [5.41, 5.74) is 0. The van der Waals surface area contributed by atoms with E-state index in [1.54, 1.807) is 0 Å². The van der Waals surface area contributed by atoms with Crippen LogP contribution in [0.15, 0.2) is 18.3 Å². The number of halogens is 1. The lowest BCUT2D eigenvalue weighted by Crippen LogP contribution is -2.06. The van der Waals surface area contributed by atoms with E-state index in [0.717, 1.165) is 6.20 Å². The second-order valence-electron chi connectivity index (χ2n) is 2.78. The highest BCUT2D eigenvalue weighted by atomic mass is 32.2. The number of aromatic nitrogens is 1. The topological polar surface area (TPSA) is 96.4 Å². The molecule has 1 aromatic heterocycles. The van der Waals surface area contributed by atoms with E-state index >= 15 is 0 Å². The van der Waals surface area contributed by atoms with E-state index in [1.165, 1.54) is 19.1 Å². The molecule has 0 atom stereocenters. The van der Waals surface area contributed by atoms with Crippen molar-refractivity contribution in [2.45, 2.75) is 6.92 Å². The molecular formula is C8H11FN2O4S. The molecule has 1 heterocycles. The van der Waals surface area contributed by atoms with Gasteiger partial charge in [-0.15, -0.1) is 0 Å². The molecule has 1 rings (SSSR count). The number of hydrogen-bond donors (Lipinski definition) is 2. The van der Waals surface area contributed by atoms with Crippen molar-refractivity contribution in [2.24, 2.45) is 0 Å². The molecule has 0 aromatic carbocycles. The van der Waals surface area contributed by atoms with Gasteiger partial charge in [0, 0.05) is 6.92 Å². The Kier molecular flexibility index (Phi) is 5.54. The van der Waals surface area contributed by atoms with Crippen molar-refractivity contribution in [1.82, 2.24) is 4.98 Å². The van der Waals surface area contributed by atoms with Crippen molar-refractivity contribution < 1.29 is 22.2 Å². The average molecular weight is 250 g/mol. The van der Waals surface area contributed by atoms with Crippen LogP contribution in [0.4, 0.5) is 10.2 Å². The summed E-state index contributed by atoms with van der Waals surface area (Å²) in [6.45, 7) is 1.37. The maximum absolute atomic E-state index is 12.2. The summed E-state index contributed by atoms with van der Waals surface area (Å²) in [5, 5.41) is 2.42. The summed E-state index contributed by atoms with van der Waals surface area (Å²) in [6.07, 6.45) is 1.76. The molecule has 0 aliphatic heterocycles. The molecule has 0 saturated heterocycles. The molecule has 0 saturated carbocycles. The minimum absolute atomic E-state index is 0.218. The number of carbonyl (C=O) groups excluding carboxylic acids is 1. The molecule has 16 heavy (non-hydrogen) atoms. The highest BCUT2D eigenvalue weighted by molar-refractivity contribution is 7.85. The smallest absolute Gasteiger partial charge is 0.261 e. The fourth-order valence-corrected chi connectivity index (χ4v) is 0.630. The van der Waals surface area contributed by atoms with Crippen molar-refractivity contribution in [3.63, 3.8) is 0 Å². The first-order valence-electron chi connectivity index (χ1n) is 4.00. The molecule has 0 aliphatic carbocycles. The molecule has 0 spiro atoms. The largest absolute Gasteiger partial charge is 0.311 e. The van der Waals surface area contributed by atoms with Gasteiger partial charge < -0.3 is 5.32 Å². The van der Waals surface area contributed by atoms with Crippen molar-refractivity contribution in [1.29, 1.82) is 0 Å². The van der Waals surface area contributed by atoms with Gasteiger partial charge in [0.2, 0.25) is 5.91 Å². The lowest BCUT2D eigenvalue weighted by molar-refractivity contribution is -0.114. The summed E-state index contributed by atoms with van der Waals surface area (Å²) in [4.78, 5) is 14.1. The molecule has 1 aromatic rings. The average Bonchev–Trinajstić information content (AvgIpc) is 2.05. The van der Waals surface area contributed by atoms with Crippen molar-refractivity contribution in [2.75, 3.05) is 11.6 Å². The van der Waals surface area contributed by atoms with Crippen LogP contribution in [0, 0.1) is 5.82 Å². The van der Waals surface area contributed by atoms with Gasteiger partial charge in [0.15, 0.2) is 0 Å². The zero-order valence-electron chi connectivity index (χ0n) is 8.64. The SMILES string of the molecule is CC(=O)Nc1ccc(F)cn1.CS(=O)(=O)O. The molecule has 0 fully saturated rings. The zero-order valence-corrected chi connectivity index (χ0v) is 9.45. The number of rotatable bonds is 1. The Bertz CT molecular complexity index is 436. The molecule has 0 unspecified atom stereocenters. The first-order chi connectivity index (χ1) is 7.18. The molecule has 0 bridgehead atoms. The van der Waals surface area contributed by atoms with Gasteiger partial charge in [0.25, 0.3) is 10.1 Å². The third-order valence-electron chi connectivity index (χ3n) is 1.03. The highest BCUT2D eigenvalue weighted by Gasteiger charge is 1.95. The Hall–Kier alpha value is -1.54. The molecule has 1 amide bonds. The zero-order chi connectivity index (χ0) is 12.8. The second-order valence-corrected chi connectivity index (χ2v) is 4.24. The molecule has 0 radical (unpaired) electrons. The second kappa shape index (κ2) is 6.13. The van der Waals surface area contributed by atoms with E-state index < -0.39 is 15.9 Å². The van der Waals surface area contributed by atoms with Crippen molar-refractivity contribution in [3.05, 3.63) is 24.1 Å². The van der Waals surface area contributed by atoms with E-state index in [0.29, 0.717) is 12.1 Å². The number of carbonyl (C=O) groups is 1. The van der Waals surface area contributed by atoms with Crippen LogP contribution in [0.2, 0.25) is 0 Å². The Labute approximate surface area is 92.3 Å². The van der Waals surface area contributed by atoms with Gasteiger partial charge in [-0.05, 0) is 12.1 Å². The Morgan fingerprint density at radius 1 is 1.50 bits per heavy atom. The summed E-state index contributed by atoms with van der Waals surface area (Å²) in [5.74, 6) is -0.276. The van der Waals surface area contributed by atoms with Crippen LogP contribution in [0.25, 0.3) is 0 Å². The van der Waals surface area contributed by atoms with E-state index in [1.807, 2.05) is 0 Å². The number of pyridine rings is 1. The monoisotopic (exact) mass is 250 g/mol. The van der Waals surface area contributed by atoms with Gasteiger partial charge in [-0.3, -0.25) is 9.35 Å². The minimum Gasteiger partial charge on any atom is -0.311 e. The van der Waals surface area contributed by atoms with Crippen LogP contribution in [0.3, 0.4) is 0 Å². The minimum atomic E-state index is -3.67. The van der Waals surface area contributed by atoms with Crippen LogP contribution in [0.1, 0.15) is 6.92 Å². The maximum atomic E-state index is 12.2. The predicted molar refractivity (Wildman–Crippen MR) is 56.0 cm³/mol. The van der Waals surface area contributed by atoms with Gasteiger partial charge in [0.1, 0.15) is 11.6 Å². The standard InChI is InChI=1S/C7H7FN2O.CH4O3S/c1-5(11)10-7-3-2-6(8)4-9-7;1-5(2,3)4/h2-4H,1H3,(H,9,10,11);1H3,(H,2,3,4). The third-order valence-corrected chi connectivity index (χ3v) is 1.03. The number of nitrogens with one attached hydrogen (secondary N) is 1. The first kappa shape index (κ1) is 14.5. The van der Waals surface area contributed by atoms with Gasteiger partial charge >= 0.3 is 0 Å². The van der Waals surface area contributed by atoms with Crippen LogP contribution in [0.5, 0.6) is 0 Å². The van der Waals surface area contributed by atoms with Gasteiger partial charge in [0.05, 0.1) is 12.5 Å². The first-order valence-corrected chi connectivity index (χ1v) is 5.85. The molecule has 2 N–H and O–H groups in total. The number of amides is 1. The van der Waals surface area contributed by atoms with Crippen LogP contribution < -0.4 is 5.32 Å². The molecule has 6 nitrogen and oxygen atoms in total. The summed E-state index contributed by atoms with van der Waals surface area (Å²) < 4.78 is 38.1. The molecule has 0 aliphatic rings. The maximum Gasteiger partial charge on any atom is 0.261 e. The fourth-order valence-electron chi connectivity index (χ4n) is 0.630. The van der Waals surface area contributed by atoms with Crippen LogP contribution in [-0.2, 0) is 14.9 Å². The van der Waals surface area contributed by atoms with E-state index in [2.05, 4.69) is 10.3 Å². The number of anilines is 1. The van der Waals surface area contributed by atoms with E-state index in [4.69, 9.17) is 4.55 Å². The van der Waals surface area contributed by atoms with Crippen LogP contribution >= 0.6 is 0 Å². The fraction of sp³-hybridized carbons (Fsp3) is 0.250. The van der Waals surface area contributed by atoms with Gasteiger partial charge in [-0.25, -0.2) is 9.37 Å². The quantitative estimate of drug-likeness (QED) is 0.714. The van der Waals surface area contributed by atoms with Crippen LogP contribution in [-0.4, -0.2) is 30.1 Å². The third kappa shape index (κ3) is 10.5. The van der Waals surface area contributed by atoms with Gasteiger partial charge in [-0.1, -0.05) is 0 Å². The normalized spacial score (nSPS) is 10.0. The van der Waals surface area contributed by atoms with E-state index in [9.17, 15) is 17.6 Å². The van der Waals surface area contributed by atoms with Gasteiger partial charge in [-0.2, -0.15) is 8.42 Å². The Morgan fingerprint density at radius 2 is 2.00 bits per heavy atom. The summed E-state index contributed by atoms with van der Waals surface area (Å²) >= 11 is 0. The van der Waals surface area contributed by atoms with E-state index in [-0.39, 0.29) is 5.91 Å². The Balaban J connectivity index is 0.000000385. The Morgan fingerprint density at radius 3 is 2.31 bits per heavy atom. The summed E-state index contributed by atoms with van der Waals surface area (Å²) in [6, 6.07) is 2.63. The van der Waals surface area contributed by atoms with Crippen molar-refractivity contribution in [3.8, 4) is 0 Å². The number of hydrogen-bond acceptors (Lipinski definition) is 4. The molecule has 90 valence electrons. The lowest BCUT2D eigenvalue weighted by atomic mass is 10.4. The molecule has 8 heteroatoms.